The van der Waals surface area contributed by atoms with Crippen molar-refractivity contribution in [2.45, 2.75) is 26.8 Å². The highest BCUT2D eigenvalue weighted by Gasteiger charge is 2.19. The molecule has 0 aromatic carbocycles. The first-order valence-corrected chi connectivity index (χ1v) is 7.48. The largest absolute Gasteiger partial charge is 0.378 e. The van der Waals surface area contributed by atoms with Crippen molar-refractivity contribution in [3.63, 3.8) is 0 Å². The van der Waals surface area contributed by atoms with Crippen LogP contribution in [0.15, 0.2) is 18.5 Å². The zero-order valence-electron chi connectivity index (χ0n) is 11.8. The van der Waals surface area contributed by atoms with Crippen LogP contribution in [0.1, 0.15) is 19.0 Å². The first-order valence-electron chi connectivity index (χ1n) is 6.71. The van der Waals surface area contributed by atoms with Gasteiger partial charge in [0.05, 0.1) is 23.0 Å². The molecular formula is C14H17N5S. The van der Waals surface area contributed by atoms with Gasteiger partial charge >= 0.3 is 0 Å². The Hall–Kier alpha value is -1.95. The molecule has 0 amide bonds. The summed E-state index contributed by atoms with van der Waals surface area (Å²) in [4.78, 5) is 8.94. The molecule has 0 radical (unpaired) electrons. The van der Waals surface area contributed by atoms with Crippen LogP contribution < -0.4 is 5.32 Å². The van der Waals surface area contributed by atoms with Gasteiger partial charge in [0, 0.05) is 19.8 Å². The number of anilines is 1. The fourth-order valence-corrected chi connectivity index (χ4v) is 3.17. The van der Waals surface area contributed by atoms with Crippen LogP contribution in [0.3, 0.4) is 0 Å². The van der Waals surface area contributed by atoms with Crippen LogP contribution in [-0.2, 0) is 6.54 Å². The van der Waals surface area contributed by atoms with E-state index in [1.54, 1.807) is 0 Å². The van der Waals surface area contributed by atoms with Crippen LogP contribution in [0.25, 0.3) is 22.4 Å². The molecule has 5 nitrogen and oxygen atoms in total. The highest BCUT2D eigenvalue weighted by molar-refractivity contribution is 7.10. The maximum Gasteiger partial charge on any atom is 0.146 e. The topological polar surface area (TPSA) is 55.6 Å². The predicted molar refractivity (Wildman–Crippen MR) is 83.2 cm³/mol. The van der Waals surface area contributed by atoms with Gasteiger partial charge in [0.2, 0.25) is 0 Å². The number of aromatic nitrogens is 4. The molecular weight excluding hydrogens is 270 g/mol. The van der Waals surface area contributed by atoms with Crippen molar-refractivity contribution < 1.29 is 0 Å². The number of rotatable bonds is 4. The van der Waals surface area contributed by atoms with E-state index in [1.165, 1.54) is 11.5 Å². The first-order chi connectivity index (χ1) is 9.76. The average molecular weight is 287 g/mol. The molecule has 104 valence electrons. The zero-order chi connectivity index (χ0) is 14.1. The van der Waals surface area contributed by atoms with Gasteiger partial charge in [0.25, 0.3) is 0 Å². The third-order valence-electron chi connectivity index (χ3n) is 3.31. The molecule has 0 fully saturated rings. The fraction of sp³-hybridized carbons (Fsp3) is 0.357. The monoisotopic (exact) mass is 287 g/mol. The van der Waals surface area contributed by atoms with Crippen LogP contribution >= 0.6 is 11.5 Å². The van der Waals surface area contributed by atoms with Crippen molar-refractivity contribution in [1.29, 1.82) is 0 Å². The first kappa shape index (κ1) is 13.1. The summed E-state index contributed by atoms with van der Waals surface area (Å²) in [5, 5.41) is 4.27. The van der Waals surface area contributed by atoms with Crippen LogP contribution in [0.4, 0.5) is 5.00 Å². The lowest BCUT2D eigenvalue weighted by molar-refractivity contribution is 0.704. The minimum atomic E-state index is 0.934. The van der Waals surface area contributed by atoms with Crippen molar-refractivity contribution >= 4 is 27.6 Å². The molecule has 0 bridgehead atoms. The van der Waals surface area contributed by atoms with Crippen molar-refractivity contribution in [3.8, 4) is 11.4 Å². The molecule has 0 unspecified atom stereocenters. The molecule has 3 aromatic heterocycles. The minimum Gasteiger partial charge on any atom is -0.378 e. The number of nitrogens with zero attached hydrogens (tertiary/aromatic N) is 4. The van der Waals surface area contributed by atoms with Crippen molar-refractivity contribution in [2.75, 3.05) is 12.4 Å². The quantitative estimate of drug-likeness (QED) is 0.800. The van der Waals surface area contributed by atoms with Gasteiger partial charge in [0.1, 0.15) is 16.3 Å². The molecule has 20 heavy (non-hydrogen) atoms. The second-order valence-corrected chi connectivity index (χ2v) is 5.45. The van der Waals surface area contributed by atoms with Gasteiger partial charge in [-0.25, -0.2) is 4.98 Å². The number of imidazole rings is 1. The second-order valence-electron chi connectivity index (χ2n) is 4.67. The van der Waals surface area contributed by atoms with Crippen molar-refractivity contribution in [3.05, 3.63) is 24.2 Å². The Kier molecular flexibility index (Phi) is 3.40. The Morgan fingerprint density at radius 2 is 2.25 bits per heavy atom. The zero-order valence-corrected chi connectivity index (χ0v) is 12.7. The Bertz CT molecular complexity index is 743. The Labute approximate surface area is 121 Å². The van der Waals surface area contributed by atoms with Crippen LogP contribution in [0, 0.1) is 6.92 Å². The summed E-state index contributed by atoms with van der Waals surface area (Å²) in [6.45, 7) is 5.14. The van der Waals surface area contributed by atoms with E-state index in [0.29, 0.717) is 0 Å². The lowest BCUT2D eigenvalue weighted by atomic mass is 10.2. The summed E-state index contributed by atoms with van der Waals surface area (Å²) >= 11 is 1.48. The van der Waals surface area contributed by atoms with Gasteiger partial charge in [-0.2, -0.15) is 4.37 Å². The van der Waals surface area contributed by atoms with E-state index < -0.39 is 0 Å². The maximum absolute atomic E-state index is 4.77. The molecule has 0 spiro atoms. The Balaban J connectivity index is 2.29. The molecule has 0 saturated heterocycles. The summed E-state index contributed by atoms with van der Waals surface area (Å²) in [6.07, 6.45) is 4.70. The molecule has 0 atom stereocenters. The van der Waals surface area contributed by atoms with Gasteiger partial charge in [-0.1, -0.05) is 6.92 Å². The number of aryl methyl sites for hydroxylation is 2. The third kappa shape index (κ3) is 1.96. The SMILES string of the molecule is CCCn1c(-c2c(C)nsc2NC)nc2cnccc21. The molecule has 3 heterocycles. The van der Waals surface area contributed by atoms with Crippen LogP contribution in [-0.4, -0.2) is 26.0 Å². The maximum atomic E-state index is 4.77. The normalized spacial score (nSPS) is 11.2. The van der Waals surface area contributed by atoms with Crippen molar-refractivity contribution in [2.24, 2.45) is 0 Å². The van der Waals surface area contributed by atoms with E-state index in [2.05, 4.69) is 26.2 Å². The summed E-state index contributed by atoms with van der Waals surface area (Å²) in [7, 11) is 1.92. The van der Waals surface area contributed by atoms with Crippen LogP contribution in [0.2, 0.25) is 0 Å². The third-order valence-corrected chi connectivity index (χ3v) is 4.27. The fourth-order valence-electron chi connectivity index (χ4n) is 2.43. The molecule has 0 aliphatic rings. The van der Waals surface area contributed by atoms with E-state index in [4.69, 9.17) is 4.98 Å². The molecule has 6 heteroatoms. The van der Waals surface area contributed by atoms with Gasteiger partial charge in [0.15, 0.2) is 0 Å². The smallest absolute Gasteiger partial charge is 0.146 e. The van der Waals surface area contributed by atoms with Gasteiger partial charge < -0.3 is 9.88 Å². The van der Waals surface area contributed by atoms with E-state index in [9.17, 15) is 0 Å². The van der Waals surface area contributed by atoms with E-state index in [0.717, 1.165) is 46.1 Å². The van der Waals surface area contributed by atoms with Gasteiger partial charge in [-0.15, -0.1) is 0 Å². The van der Waals surface area contributed by atoms with E-state index in [1.807, 2.05) is 32.4 Å². The highest BCUT2D eigenvalue weighted by Crippen LogP contribution is 2.35. The molecule has 1 N–H and O–H groups in total. The predicted octanol–water partition coefficient (Wildman–Crippen LogP) is 3.31. The molecule has 0 aliphatic heterocycles. The summed E-state index contributed by atoms with van der Waals surface area (Å²) in [6, 6.07) is 2.02. The number of pyridine rings is 1. The number of hydrogen-bond donors (Lipinski definition) is 1. The standard InChI is InChI=1S/C14H17N5S/c1-4-7-19-11-5-6-16-8-10(11)17-13(19)12-9(2)18-20-14(12)15-3/h5-6,8,15H,4,7H2,1-3H3. The second kappa shape index (κ2) is 5.20. The summed E-state index contributed by atoms with van der Waals surface area (Å²) < 4.78 is 6.70. The number of nitrogens with one attached hydrogen (secondary N) is 1. The summed E-state index contributed by atoms with van der Waals surface area (Å²) in [5.74, 6) is 0.977. The molecule has 3 aromatic rings. The van der Waals surface area contributed by atoms with Gasteiger partial charge in [-0.3, -0.25) is 4.98 Å². The molecule has 3 rings (SSSR count). The van der Waals surface area contributed by atoms with E-state index in [-0.39, 0.29) is 0 Å². The Morgan fingerprint density at radius 1 is 1.40 bits per heavy atom. The highest BCUT2D eigenvalue weighted by atomic mass is 32.1. The average Bonchev–Trinajstić information content (AvgIpc) is 3.00. The van der Waals surface area contributed by atoms with Crippen molar-refractivity contribution in [1.82, 2.24) is 18.9 Å². The van der Waals surface area contributed by atoms with Gasteiger partial charge in [-0.05, 0) is 30.9 Å². The minimum absolute atomic E-state index is 0.934. The summed E-state index contributed by atoms with van der Waals surface area (Å²) in [5.41, 5.74) is 4.18. The molecule has 0 saturated carbocycles. The molecule has 0 aliphatic carbocycles. The lowest BCUT2D eigenvalue weighted by Crippen LogP contribution is -2.01. The number of fused-ring (bicyclic) bond motifs is 1. The van der Waals surface area contributed by atoms with E-state index >= 15 is 0 Å². The van der Waals surface area contributed by atoms with Crippen LogP contribution in [0.5, 0.6) is 0 Å². The number of hydrogen-bond acceptors (Lipinski definition) is 5. The Morgan fingerprint density at radius 3 is 3.00 bits per heavy atom. The lowest BCUT2D eigenvalue weighted by Gasteiger charge is -2.08.